The Labute approximate surface area is 108 Å². The van der Waals surface area contributed by atoms with Gasteiger partial charge in [-0.1, -0.05) is 12.8 Å². The summed E-state index contributed by atoms with van der Waals surface area (Å²) in [5.41, 5.74) is 0. The highest BCUT2D eigenvalue weighted by Crippen LogP contribution is 2.34. The molecule has 2 fully saturated rings. The first-order chi connectivity index (χ1) is 8.56. The van der Waals surface area contributed by atoms with Crippen LogP contribution in [0.5, 0.6) is 0 Å². The maximum Gasteiger partial charge on any atom is 0.306 e. The smallest absolute Gasteiger partial charge is 0.306 e. The number of carboxylic acids is 1. The molecule has 2 rings (SSSR count). The number of amides is 1. The second-order valence-corrected chi connectivity index (χ2v) is 5.98. The number of carbonyl (C=O) groups excluding carboxylic acids is 1. The van der Waals surface area contributed by atoms with Crippen molar-refractivity contribution in [3.63, 3.8) is 0 Å². The minimum absolute atomic E-state index is 0.0299. The molecule has 18 heavy (non-hydrogen) atoms. The lowest BCUT2D eigenvalue weighted by molar-refractivity contribution is -0.144. The van der Waals surface area contributed by atoms with E-state index < -0.39 is 5.97 Å². The summed E-state index contributed by atoms with van der Waals surface area (Å²) < 4.78 is 0. The molecule has 0 bridgehead atoms. The molecular formula is C14H23NO3. The largest absolute Gasteiger partial charge is 0.481 e. The van der Waals surface area contributed by atoms with Gasteiger partial charge in [-0.25, -0.2) is 0 Å². The highest BCUT2D eigenvalue weighted by atomic mass is 16.4. The van der Waals surface area contributed by atoms with E-state index in [0.717, 1.165) is 25.2 Å². The number of hydrogen-bond acceptors (Lipinski definition) is 2. The molecule has 0 aromatic rings. The van der Waals surface area contributed by atoms with Gasteiger partial charge < -0.3 is 10.4 Å². The monoisotopic (exact) mass is 253 g/mol. The Balaban J connectivity index is 1.71. The van der Waals surface area contributed by atoms with Gasteiger partial charge in [-0.15, -0.1) is 0 Å². The summed E-state index contributed by atoms with van der Waals surface area (Å²) in [6.07, 6.45) is 6.44. The first-order valence-corrected chi connectivity index (χ1v) is 7.09. The molecule has 2 N–H and O–H groups in total. The van der Waals surface area contributed by atoms with Crippen molar-refractivity contribution in [3.8, 4) is 0 Å². The fourth-order valence-corrected chi connectivity index (χ4v) is 2.88. The van der Waals surface area contributed by atoms with Gasteiger partial charge in [-0.05, 0) is 44.9 Å². The van der Waals surface area contributed by atoms with E-state index in [4.69, 9.17) is 5.11 Å². The van der Waals surface area contributed by atoms with Crippen LogP contribution in [-0.2, 0) is 9.59 Å². The van der Waals surface area contributed by atoms with Crippen molar-refractivity contribution in [2.45, 2.75) is 57.9 Å². The van der Waals surface area contributed by atoms with Crippen molar-refractivity contribution in [1.29, 1.82) is 0 Å². The second kappa shape index (κ2) is 5.72. The van der Waals surface area contributed by atoms with E-state index in [1.54, 1.807) is 0 Å². The quantitative estimate of drug-likeness (QED) is 0.789. The predicted molar refractivity (Wildman–Crippen MR) is 68.0 cm³/mol. The topological polar surface area (TPSA) is 66.4 Å². The van der Waals surface area contributed by atoms with Crippen LogP contribution in [0.25, 0.3) is 0 Å². The molecule has 0 aliphatic heterocycles. The van der Waals surface area contributed by atoms with E-state index in [9.17, 15) is 9.59 Å². The maximum absolute atomic E-state index is 12.0. The van der Waals surface area contributed by atoms with Crippen LogP contribution in [0.1, 0.15) is 51.9 Å². The third-order valence-electron chi connectivity index (χ3n) is 4.22. The number of rotatable bonds is 5. The molecule has 2 saturated carbocycles. The van der Waals surface area contributed by atoms with Gasteiger partial charge in [0, 0.05) is 12.0 Å². The van der Waals surface area contributed by atoms with Crippen LogP contribution in [0.3, 0.4) is 0 Å². The summed E-state index contributed by atoms with van der Waals surface area (Å²) in [5.74, 6) is 0.0335. The van der Waals surface area contributed by atoms with E-state index in [1.165, 1.54) is 12.8 Å². The molecule has 0 saturated heterocycles. The first-order valence-electron chi connectivity index (χ1n) is 7.09. The molecule has 102 valence electrons. The summed E-state index contributed by atoms with van der Waals surface area (Å²) >= 11 is 0. The molecule has 4 heteroatoms. The average molecular weight is 253 g/mol. The number of carbonyl (C=O) groups is 2. The number of nitrogens with one attached hydrogen (secondary N) is 1. The normalized spacial score (nSPS) is 29.6. The molecule has 1 amide bonds. The van der Waals surface area contributed by atoms with Crippen molar-refractivity contribution in [2.75, 3.05) is 0 Å². The minimum Gasteiger partial charge on any atom is -0.481 e. The Kier molecular flexibility index (Phi) is 4.25. The van der Waals surface area contributed by atoms with Gasteiger partial charge in [-0.2, -0.15) is 0 Å². The van der Waals surface area contributed by atoms with Gasteiger partial charge in [-0.3, -0.25) is 9.59 Å². The van der Waals surface area contributed by atoms with Gasteiger partial charge >= 0.3 is 5.97 Å². The third-order valence-corrected chi connectivity index (χ3v) is 4.22. The van der Waals surface area contributed by atoms with Crippen LogP contribution in [0.2, 0.25) is 0 Å². The van der Waals surface area contributed by atoms with E-state index in [1.807, 2.05) is 0 Å². The molecule has 0 heterocycles. The van der Waals surface area contributed by atoms with E-state index in [0.29, 0.717) is 12.8 Å². The van der Waals surface area contributed by atoms with Crippen molar-refractivity contribution in [3.05, 3.63) is 0 Å². The number of hydrogen-bond donors (Lipinski definition) is 2. The molecule has 0 radical (unpaired) electrons. The fourth-order valence-electron chi connectivity index (χ4n) is 2.88. The highest BCUT2D eigenvalue weighted by molar-refractivity contribution is 5.79. The van der Waals surface area contributed by atoms with Crippen LogP contribution >= 0.6 is 0 Å². The fraction of sp³-hybridized carbons (Fsp3) is 0.857. The van der Waals surface area contributed by atoms with Gasteiger partial charge in [0.25, 0.3) is 0 Å². The minimum atomic E-state index is -0.712. The molecule has 2 aliphatic rings. The Bertz CT molecular complexity index is 317. The van der Waals surface area contributed by atoms with Crippen LogP contribution in [-0.4, -0.2) is 23.0 Å². The summed E-state index contributed by atoms with van der Waals surface area (Å²) in [4.78, 5) is 22.9. The molecule has 0 spiro atoms. The zero-order chi connectivity index (χ0) is 13.1. The zero-order valence-corrected chi connectivity index (χ0v) is 11.0. The summed E-state index contributed by atoms with van der Waals surface area (Å²) in [7, 11) is 0. The molecule has 0 aromatic heterocycles. The van der Waals surface area contributed by atoms with Gasteiger partial charge in [0.1, 0.15) is 0 Å². The van der Waals surface area contributed by atoms with Gasteiger partial charge in [0.15, 0.2) is 0 Å². The van der Waals surface area contributed by atoms with E-state index in [-0.39, 0.29) is 23.8 Å². The Morgan fingerprint density at radius 1 is 1.11 bits per heavy atom. The number of aliphatic carboxylic acids is 1. The Hall–Kier alpha value is -1.06. The number of carboxylic acid groups (broad SMARTS) is 1. The standard InChI is InChI=1S/C14H23NO3/c1-9(8-10-2-3-10)15-13(16)11-4-6-12(7-5-11)14(17)18/h9-12H,2-8H2,1H3,(H,15,16)(H,17,18). The second-order valence-electron chi connectivity index (χ2n) is 5.98. The lowest BCUT2D eigenvalue weighted by Crippen LogP contribution is -2.39. The molecule has 0 aromatic carbocycles. The van der Waals surface area contributed by atoms with Crippen molar-refractivity contribution in [1.82, 2.24) is 5.32 Å². The summed E-state index contributed by atoms with van der Waals surface area (Å²) in [5, 5.41) is 12.0. The molecule has 1 unspecified atom stereocenters. The van der Waals surface area contributed by atoms with Crippen molar-refractivity contribution in [2.24, 2.45) is 17.8 Å². The highest BCUT2D eigenvalue weighted by Gasteiger charge is 2.31. The predicted octanol–water partition coefficient (Wildman–Crippen LogP) is 2.18. The van der Waals surface area contributed by atoms with Crippen molar-refractivity contribution >= 4 is 11.9 Å². The van der Waals surface area contributed by atoms with Crippen LogP contribution < -0.4 is 5.32 Å². The lowest BCUT2D eigenvalue weighted by atomic mass is 9.81. The van der Waals surface area contributed by atoms with Crippen LogP contribution in [0.15, 0.2) is 0 Å². The average Bonchev–Trinajstić information content (AvgIpc) is 3.12. The van der Waals surface area contributed by atoms with Crippen LogP contribution in [0, 0.1) is 17.8 Å². The molecule has 1 atom stereocenters. The Morgan fingerprint density at radius 3 is 2.17 bits per heavy atom. The van der Waals surface area contributed by atoms with Gasteiger partial charge in [0.2, 0.25) is 5.91 Å². The van der Waals surface area contributed by atoms with Gasteiger partial charge in [0.05, 0.1) is 5.92 Å². The summed E-state index contributed by atoms with van der Waals surface area (Å²) in [6, 6.07) is 0.266. The lowest BCUT2D eigenvalue weighted by Gasteiger charge is -2.26. The third kappa shape index (κ3) is 3.72. The van der Waals surface area contributed by atoms with E-state index >= 15 is 0 Å². The Morgan fingerprint density at radius 2 is 1.67 bits per heavy atom. The SMILES string of the molecule is CC(CC1CC1)NC(=O)C1CCC(C(=O)O)CC1. The first kappa shape index (κ1) is 13.4. The van der Waals surface area contributed by atoms with E-state index in [2.05, 4.69) is 12.2 Å². The maximum atomic E-state index is 12.0. The van der Waals surface area contributed by atoms with Crippen molar-refractivity contribution < 1.29 is 14.7 Å². The zero-order valence-electron chi connectivity index (χ0n) is 11.0. The molecule has 2 aliphatic carbocycles. The van der Waals surface area contributed by atoms with Crippen LogP contribution in [0.4, 0.5) is 0 Å². The summed E-state index contributed by atoms with van der Waals surface area (Å²) in [6.45, 7) is 2.07. The molecular weight excluding hydrogens is 230 g/mol. The molecule has 4 nitrogen and oxygen atoms in total.